The van der Waals surface area contributed by atoms with E-state index in [0.29, 0.717) is 18.8 Å². The summed E-state index contributed by atoms with van der Waals surface area (Å²) in [5.74, 6) is -0.337. The maximum absolute atomic E-state index is 10.7. The van der Waals surface area contributed by atoms with E-state index in [1.165, 1.54) is 0 Å². The van der Waals surface area contributed by atoms with Gasteiger partial charge in [0.05, 0.1) is 6.61 Å². The number of carbonyl (C=O) groups excluding carboxylic acids is 1. The van der Waals surface area contributed by atoms with Crippen molar-refractivity contribution in [1.82, 2.24) is 0 Å². The third kappa shape index (κ3) is 7.28. The Labute approximate surface area is 79.0 Å². The molecule has 3 heteroatoms. The van der Waals surface area contributed by atoms with Gasteiger partial charge in [-0.25, -0.2) is 4.79 Å². The first-order valence-corrected chi connectivity index (χ1v) is 4.13. The molecule has 0 N–H and O–H groups in total. The predicted molar refractivity (Wildman–Crippen MR) is 51.4 cm³/mol. The van der Waals surface area contributed by atoms with E-state index in [2.05, 4.69) is 13.2 Å². The molecular weight excluding hydrogens is 168 g/mol. The molecule has 1 atom stereocenters. The van der Waals surface area contributed by atoms with Crippen molar-refractivity contribution in [2.75, 3.05) is 13.2 Å². The zero-order valence-electron chi connectivity index (χ0n) is 8.21. The Balaban J connectivity index is 0.000000424. The number of hydrogen-bond acceptors (Lipinski definition) is 3. The van der Waals surface area contributed by atoms with Gasteiger partial charge in [0, 0.05) is 5.57 Å². The number of ether oxygens (including phenoxy) is 2. The summed E-state index contributed by atoms with van der Waals surface area (Å²) in [6, 6.07) is 0. The quantitative estimate of drug-likeness (QED) is 0.290. The molecule has 13 heavy (non-hydrogen) atoms. The van der Waals surface area contributed by atoms with Gasteiger partial charge >= 0.3 is 5.97 Å². The molecule has 0 saturated carbocycles. The molecule has 74 valence electrons. The van der Waals surface area contributed by atoms with Gasteiger partial charge in [0.1, 0.15) is 12.7 Å². The number of hydrogen-bond donors (Lipinski definition) is 0. The van der Waals surface area contributed by atoms with Gasteiger partial charge < -0.3 is 9.47 Å². The van der Waals surface area contributed by atoms with Crippen molar-refractivity contribution in [2.24, 2.45) is 0 Å². The Morgan fingerprint density at radius 1 is 1.77 bits per heavy atom. The smallest absolute Gasteiger partial charge is 0.333 e. The van der Waals surface area contributed by atoms with E-state index in [9.17, 15) is 4.79 Å². The summed E-state index contributed by atoms with van der Waals surface area (Å²) in [6.07, 6.45) is 1.89. The van der Waals surface area contributed by atoms with Gasteiger partial charge in [0.25, 0.3) is 0 Å². The van der Waals surface area contributed by atoms with Crippen LogP contribution in [0.5, 0.6) is 0 Å². The number of carbonyl (C=O) groups is 1. The first kappa shape index (κ1) is 11.9. The van der Waals surface area contributed by atoms with Crippen LogP contribution >= 0.6 is 0 Å². The topological polar surface area (TPSA) is 38.8 Å². The molecule has 0 aliphatic carbocycles. The second-order valence-electron chi connectivity index (χ2n) is 2.74. The van der Waals surface area contributed by atoms with Gasteiger partial charge in [-0.1, -0.05) is 12.7 Å². The molecule has 1 fully saturated rings. The van der Waals surface area contributed by atoms with Crippen molar-refractivity contribution in [2.45, 2.75) is 20.0 Å². The SMILES string of the molecule is C=C(C)C(=O)OCC1CO1.C=CC. The summed E-state index contributed by atoms with van der Waals surface area (Å²) >= 11 is 0. The fourth-order valence-electron chi connectivity index (χ4n) is 0.456. The normalized spacial score (nSPS) is 17.8. The molecule has 1 aliphatic rings. The van der Waals surface area contributed by atoms with Crippen LogP contribution in [0.3, 0.4) is 0 Å². The van der Waals surface area contributed by atoms with Crippen LogP contribution in [0.25, 0.3) is 0 Å². The zero-order valence-corrected chi connectivity index (χ0v) is 8.21. The average Bonchev–Trinajstić information content (AvgIpc) is 2.84. The molecule has 0 aromatic rings. The summed E-state index contributed by atoms with van der Waals surface area (Å²) in [5, 5.41) is 0. The zero-order chi connectivity index (χ0) is 10.3. The van der Waals surface area contributed by atoms with E-state index in [1.807, 2.05) is 6.92 Å². The van der Waals surface area contributed by atoms with Gasteiger partial charge in [-0.2, -0.15) is 0 Å². The molecule has 0 spiro atoms. The Morgan fingerprint density at radius 2 is 2.23 bits per heavy atom. The summed E-state index contributed by atoms with van der Waals surface area (Å²) in [7, 11) is 0. The van der Waals surface area contributed by atoms with Crippen molar-refractivity contribution >= 4 is 5.97 Å². The molecule has 0 aromatic carbocycles. The maximum Gasteiger partial charge on any atom is 0.333 e. The fraction of sp³-hybridized carbons (Fsp3) is 0.500. The van der Waals surface area contributed by atoms with E-state index >= 15 is 0 Å². The highest BCUT2D eigenvalue weighted by molar-refractivity contribution is 5.86. The maximum atomic E-state index is 10.7. The van der Waals surface area contributed by atoms with Crippen LogP contribution < -0.4 is 0 Å². The van der Waals surface area contributed by atoms with Crippen LogP contribution in [-0.2, 0) is 14.3 Å². The van der Waals surface area contributed by atoms with Crippen LogP contribution in [0.15, 0.2) is 24.8 Å². The van der Waals surface area contributed by atoms with E-state index in [1.54, 1.807) is 13.0 Å². The Kier molecular flexibility index (Phi) is 5.89. The van der Waals surface area contributed by atoms with Crippen molar-refractivity contribution in [1.29, 1.82) is 0 Å². The molecular formula is C10H16O3. The van der Waals surface area contributed by atoms with Crippen LogP contribution in [0.1, 0.15) is 13.8 Å². The third-order valence-corrected chi connectivity index (χ3v) is 1.15. The largest absolute Gasteiger partial charge is 0.459 e. The van der Waals surface area contributed by atoms with Crippen molar-refractivity contribution < 1.29 is 14.3 Å². The van der Waals surface area contributed by atoms with E-state index in [0.717, 1.165) is 0 Å². The summed E-state index contributed by atoms with van der Waals surface area (Å²) in [5.41, 5.74) is 0.431. The van der Waals surface area contributed by atoms with Gasteiger partial charge in [0.15, 0.2) is 0 Å². The standard InChI is InChI=1S/C7H10O3.C3H6/c1-5(2)7(8)10-4-6-3-9-6;1-3-2/h6H,1,3-4H2,2H3;3H,1H2,2H3. The lowest BCUT2D eigenvalue weighted by atomic mass is 10.4. The Bertz CT molecular complexity index is 192. The number of rotatable bonds is 3. The van der Waals surface area contributed by atoms with Gasteiger partial charge in [-0.05, 0) is 13.8 Å². The minimum absolute atomic E-state index is 0.142. The van der Waals surface area contributed by atoms with Gasteiger partial charge in [0.2, 0.25) is 0 Å². The molecule has 1 aliphatic heterocycles. The highest BCUT2D eigenvalue weighted by Crippen LogP contribution is 2.09. The lowest BCUT2D eigenvalue weighted by Crippen LogP contribution is -2.09. The lowest BCUT2D eigenvalue weighted by molar-refractivity contribution is -0.139. The lowest BCUT2D eigenvalue weighted by Gasteiger charge is -1.99. The van der Waals surface area contributed by atoms with Crippen LogP contribution in [0.4, 0.5) is 0 Å². The molecule has 1 unspecified atom stereocenters. The second kappa shape index (κ2) is 6.43. The van der Waals surface area contributed by atoms with Crippen molar-refractivity contribution in [3.63, 3.8) is 0 Å². The molecule has 0 aromatic heterocycles. The van der Waals surface area contributed by atoms with E-state index < -0.39 is 0 Å². The van der Waals surface area contributed by atoms with E-state index in [4.69, 9.17) is 9.47 Å². The summed E-state index contributed by atoms with van der Waals surface area (Å²) in [6.45, 7) is 11.4. The van der Waals surface area contributed by atoms with Gasteiger partial charge in [-0.15, -0.1) is 6.58 Å². The monoisotopic (exact) mass is 184 g/mol. The first-order valence-electron chi connectivity index (χ1n) is 4.13. The Hall–Kier alpha value is -1.09. The number of allylic oxidation sites excluding steroid dienone is 1. The van der Waals surface area contributed by atoms with Crippen molar-refractivity contribution in [3.8, 4) is 0 Å². The predicted octanol–water partition coefficient (Wildman–Crippen LogP) is 1.70. The fourth-order valence-corrected chi connectivity index (χ4v) is 0.456. The summed E-state index contributed by atoms with van der Waals surface area (Å²) in [4.78, 5) is 10.7. The van der Waals surface area contributed by atoms with Crippen LogP contribution in [0.2, 0.25) is 0 Å². The minimum atomic E-state index is -0.337. The molecule has 1 saturated heterocycles. The Morgan fingerprint density at radius 3 is 2.54 bits per heavy atom. The van der Waals surface area contributed by atoms with Crippen molar-refractivity contribution in [3.05, 3.63) is 24.8 Å². The minimum Gasteiger partial charge on any atom is -0.459 e. The molecule has 1 rings (SSSR count). The second-order valence-corrected chi connectivity index (χ2v) is 2.74. The molecule has 0 amide bonds. The average molecular weight is 184 g/mol. The summed E-state index contributed by atoms with van der Waals surface area (Å²) < 4.78 is 9.60. The first-order chi connectivity index (χ1) is 6.11. The van der Waals surface area contributed by atoms with Crippen LogP contribution in [0, 0.1) is 0 Å². The molecule has 0 radical (unpaired) electrons. The van der Waals surface area contributed by atoms with Crippen LogP contribution in [-0.4, -0.2) is 25.3 Å². The molecule has 3 nitrogen and oxygen atoms in total. The van der Waals surface area contributed by atoms with E-state index in [-0.39, 0.29) is 12.1 Å². The van der Waals surface area contributed by atoms with Gasteiger partial charge in [-0.3, -0.25) is 0 Å². The highest BCUT2D eigenvalue weighted by Gasteiger charge is 2.24. The molecule has 0 bridgehead atoms. The third-order valence-electron chi connectivity index (χ3n) is 1.15. The highest BCUT2D eigenvalue weighted by atomic mass is 16.6. The number of epoxide rings is 1. The molecule has 1 heterocycles. The number of esters is 1.